The maximum Gasteiger partial charge on any atom is 0.330 e. The largest absolute Gasteiger partial charge is 0.330 e. The number of urea groups is 1. The van der Waals surface area contributed by atoms with Gasteiger partial charge in [-0.15, -0.1) is 0 Å². The van der Waals surface area contributed by atoms with Crippen LogP contribution in [0, 0.1) is 5.92 Å². The molecule has 3 aliphatic rings. The zero-order valence-corrected chi connectivity index (χ0v) is 15.1. The average Bonchev–Trinajstić information content (AvgIpc) is 2.81. The van der Waals surface area contributed by atoms with Crippen LogP contribution in [-0.4, -0.2) is 59.4 Å². The number of hydrogen-bond acceptors (Lipinski definition) is 4. The Morgan fingerprint density at radius 3 is 2.89 bits per heavy atom. The van der Waals surface area contributed by atoms with Crippen LogP contribution in [0.3, 0.4) is 0 Å². The third kappa shape index (κ3) is 2.49. The Morgan fingerprint density at radius 1 is 1.19 bits per heavy atom. The summed E-state index contributed by atoms with van der Waals surface area (Å²) in [6, 6.07) is 11.0. The fraction of sp³-hybridized carbons (Fsp3) is 0.350. The quantitative estimate of drug-likeness (QED) is 0.781. The number of benzene rings is 1. The second kappa shape index (κ2) is 6.06. The number of fused-ring (bicyclic) bond motifs is 3. The zero-order chi connectivity index (χ0) is 18.5. The molecule has 2 unspecified atom stereocenters. The highest BCUT2D eigenvalue weighted by molar-refractivity contribution is 6.16. The molecule has 0 bridgehead atoms. The number of carbonyl (C=O) groups excluding carboxylic acids is 2. The SMILES string of the molecule is CN1CC2CCN(C(=O)N3c4ccccc4C(=O)Nc4cccnc43)CC21. The number of pyridine rings is 1. The van der Waals surface area contributed by atoms with Crippen molar-refractivity contribution in [1.29, 1.82) is 0 Å². The third-order valence-corrected chi connectivity index (χ3v) is 5.91. The number of amides is 3. The first-order valence-corrected chi connectivity index (χ1v) is 9.28. The van der Waals surface area contributed by atoms with Crippen molar-refractivity contribution < 1.29 is 9.59 Å². The lowest BCUT2D eigenvalue weighted by Crippen LogP contribution is -2.64. The number of likely N-dealkylation sites (N-methyl/N-ethyl adjacent to an activating group) is 1. The summed E-state index contributed by atoms with van der Waals surface area (Å²) >= 11 is 0. The zero-order valence-electron chi connectivity index (χ0n) is 15.1. The minimum atomic E-state index is -0.229. The highest BCUT2D eigenvalue weighted by Gasteiger charge is 2.43. The van der Waals surface area contributed by atoms with E-state index in [-0.39, 0.29) is 11.9 Å². The number of anilines is 3. The summed E-state index contributed by atoms with van der Waals surface area (Å²) in [7, 11) is 2.11. The number of nitrogens with one attached hydrogen (secondary N) is 1. The molecule has 0 aliphatic carbocycles. The van der Waals surface area contributed by atoms with Crippen LogP contribution in [0.15, 0.2) is 42.6 Å². The van der Waals surface area contributed by atoms with Crippen LogP contribution in [0.5, 0.6) is 0 Å². The molecule has 7 heteroatoms. The summed E-state index contributed by atoms with van der Waals surface area (Å²) in [4.78, 5) is 36.4. The number of rotatable bonds is 0. The van der Waals surface area contributed by atoms with Gasteiger partial charge in [0.1, 0.15) is 0 Å². The van der Waals surface area contributed by atoms with E-state index >= 15 is 0 Å². The molecule has 0 spiro atoms. The highest BCUT2D eigenvalue weighted by Crippen LogP contribution is 2.38. The topological polar surface area (TPSA) is 68.8 Å². The molecule has 2 atom stereocenters. The Hall–Kier alpha value is -2.93. The standard InChI is InChI=1S/C20H21N5O2/c1-23-11-13-8-10-24(12-17(13)23)20(27)25-16-7-3-2-5-14(16)19(26)22-15-6-4-9-21-18(15)25/h2-7,9,13,17H,8,10-12H2,1H3,(H,22,26). The van der Waals surface area contributed by atoms with Gasteiger partial charge in [-0.3, -0.25) is 4.79 Å². The van der Waals surface area contributed by atoms with Gasteiger partial charge in [0, 0.05) is 31.9 Å². The van der Waals surface area contributed by atoms with Gasteiger partial charge in [0.05, 0.1) is 16.9 Å². The van der Waals surface area contributed by atoms with Gasteiger partial charge >= 0.3 is 6.03 Å². The summed E-state index contributed by atoms with van der Waals surface area (Å²) in [5, 5.41) is 2.88. The Morgan fingerprint density at radius 2 is 2.04 bits per heavy atom. The molecule has 27 heavy (non-hydrogen) atoms. The molecule has 2 aromatic rings. The number of likely N-dealkylation sites (tertiary alicyclic amines) is 2. The van der Waals surface area contributed by atoms with Crippen LogP contribution >= 0.6 is 0 Å². The monoisotopic (exact) mass is 363 g/mol. The summed E-state index contributed by atoms with van der Waals surface area (Å²) in [6.07, 6.45) is 2.66. The molecular weight excluding hydrogens is 342 g/mol. The van der Waals surface area contributed by atoms with E-state index in [9.17, 15) is 9.59 Å². The van der Waals surface area contributed by atoms with Crippen molar-refractivity contribution in [2.24, 2.45) is 5.92 Å². The Balaban J connectivity index is 1.57. The van der Waals surface area contributed by atoms with Gasteiger partial charge < -0.3 is 15.1 Å². The molecular formula is C20H21N5O2. The van der Waals surface area contributed by atoms with Crippen LogP contribution in [0.2, 0.25) is 0 Å². The van der Waals surface area contributed by atoms with E-state index < -0.39 is 0 Å². The predicted octanol–water partition coefficient (Wildman–Crippen LogP) is 2.54. The van der Waals surface area contributed by atoms with E-state index in [1.165, 1.54) is 0 Å². The average molecular weight is 363 g/mol. The lowest BCUT2D eigenvalue weighted by atomic mass is 9.83. The number of carbonyl (C=O) groups is 2. The molecule has 3 aliphatic heterocycles. The summed E-state index contributed by atoms with van der Waals surface area (Å²) in [5.74, 6) is 0.918. The van der Waals surface area contributed by atoms with Gasteiger partial charge in [0.2, 0.25) is 0 Å². The van der Waals surface area contributed by atoms with Gasteiger partial charge in [-0.05, 0) is 43.7 Å². The van der Waals surface area contributed by atoms with Crippen LogP contribution in [0.1, 0.15) is 16.8 Å². The maximum atomic E-state index is 13.6. The third-order valence-electron chi connectivity index (χ3n) is 5.91. The summed E-state index contributed by atoms with van der Waals surface area (Å²) < 4.78 is 0. The molecule has 7 nitrogen and oxygen atoms in total. The lowest BCUT2D eigenvalue weighted by Gasteiger charge is -2.52. The van der Waals surface area contributed by atoms with Crippen molar-refractivity contribution in [1.82, 2.24) is 14.8 Å². The van der Waals surface area contributed by atoms with E-state index in [1.54, 1.807) is 41.4 Å². The number of aromatic nitrogens is 1. The molecule has 138 valence electrons. The summed E-state index contributed by atoms with van der Waals surface area (Å²) in [5.41, 5.74) is 1.59. The van der Waals surface area contributed by atoms with Gasteiger partial charge in [-0.25, -0.2) is 14.7 Å². The minimum Gasteiger partial charge on any atom is -0.322 e. The van der Waals surface area contributed by atoms with E-state index in [1.807, 2.05) is 11.0 Å². The molecule has 2 fully saturated rings. The van der Waals surface area contributed by atoms with Crippen molar-refractivity contribution in [2.45, 2.75) is 12.5 Å². The fourth-order valence-electron chi connectivity index (χ4n) is 4.41. The fourth-order valence-corrected chi connectivity index (χ4v) is 4.41. The van der Waals surface area contributed by atoms with Gasteiger partial charge in [-0.1, -0.05) is 12.1 Å². The van der Waals surface area contributed by atoms with Crippen LogP contribution in [0.25, 0.3) is 0 Å². The van der Waals surface area contributed by atoms with Crippen molar-refractivity contribution in [3.63, 3.8) is 0 Å². The normalized spacial score (nSPS) is 24.1. The van der Waals surface area contributed by atoms with Crippen molar-refractivity contribution in [3.8, 4) is 0 Å². The second-order valence-electron chi connectivity index (χ2n) is 7.47. The molecule has 0 radical (unpaired) electrons. The molecule has 3 amide bonds. The Labute approximate surface area is 157 Å². The highest BCUT2D eigenvalue weighted by atomic mass is 16.2. The maximum absolute atomic E-state index is 13.6. The first-order valence-electron chi connectivity index (χ1n) is 9.28. The molecule has 4 heterocycles. The summed E-state index contributed by atoms with van der Waals surface area (Å²) in [6.45, 7) is 2.56. The van der Waals surface area contributed by atoms with Crippen LogP contribution in [0.4, 0.5) is 22.0 Å². The van der Waals surface area contributed by atoms with Crippen LogP contribution < -0.4 is 10.2 Å². The molecule has 1 aromatic carbocycles. The van der Waals surface area contributed by atoms with Crippen molar-refractivity contribution >= 4 is 29.1 Å². The first kappa shape index (κ1) is 16.3. The molecule has 1 aromatic heterocycles. The number of para-hydroxylation sites is 1. The van der Waals surface area contributed by atoms with Crippen molar-refractivity contribution in [3.05, 3.63) is 48.2 Å². The first-order chi connectivity index (χ1) is 13.1. The Bertz CT molecular complexity index is 930. The lowest BCUT2D eigenvalue weighted by molar-refractivity contribution is -0.0129. The number of piperidine rings is 1. The van der Waals surface area contributed by atoms with E-state index in [2.05, 4.69) is 22.2 Å². The van der Waals surface area contributed by atoms with Gasteiger partial charge in [0.15, 0.2) is 5.82 Å². The van der Waals surface area contributed by atoms with Gasteiger partial charge in [-0.2, -0.15) is 0 Å². The predicted molar refractivity (Wildman–Crippen MR) is 102 cm³/mol. The Kier molecular flexibility index (Phi) is 3.65. The van der Waals surface area contributed by atoms with Crippen LogP contribution in [-0.2, 0) is 0 Å². The van der Waals surface area contributed by atoms with E-state index in [0.717, 1.165) is 19.5 Å². The van der Waals surface area contributed by atoms with Crippen molar-refractivity contribution in [2.75, 3.05) is 36.9 Å². The molecule has 0 saturated carbocycles. The molecule has 5 rings (SSSR count). The molecule has 2 saturated heterocycles. The smallest absolute Gasteiger partial charge is 0.322 e. The molecule has 1 N–H and O–H groups in total. The number of nitrogens with zero attached hydrogens (tertiary/aromatic N) is 4. The van der Waals surface area contributed by atoms with Gasteiger partial charge in [0.25, 0.3) is 5.91 Å². The van der Waals surface area contributed by atoms with E-state index in [0.29, 0.717) is 41.3 Å². The minimum absolute atomic E-state index is 0.127. The second-order valence-corrected chi connectivity index (χ2v) is 7.47. The van der Waals surface area contributed by atoms with E-state index in [4.69, 9.17) is 0 Å². The number of hydrogen-bond donors (Lipinski definition) is 1.